The van der Waals surface area contributed by atoms with E-state index in [9.17, 15) is 0 Å². The van der Waals surface area contributed by atoms with Crippen LogP contribution in [0.2, 0.25) is 0 Å². The molecular weight excluding hydrogens is 216 g/mol. The van der Waals surface area contributed by atoms with Crippen molar-refractivity contribution in [3.8, 4) is 0 Å². The van der Waals surface area contributed by atoms with E-state index in [2.05, 4.69) is 24.4 Å². The number of thioether (sulfide) groups is 1. The summed E-state index contributed by atoms with van der Waals surface area (Å²) in [6, 6.07) is 6.34. The maximum absolute atomic E-state index is 5.81. The molecule has 1 aromatic carbocycles. The Bertz CT molecular complexity index is 346. The summed E-state index contributed by atoms with van der Waals surface area (Å²) in [5, 5.41) is 3.40. The second-order valence-corrected chi connectivity index (χ2v) is 5.62. The van der Waals surface area contributed by atoms with Gasteiger partial charge < -0.3 is 11.1 Å². The number of hydrogen-bond acceptors (Lipinski definition) is 3. The molecule has 3 N–H and O–H groups in total. The van der Waals surface area contributed by atoms with Gasteiger partial charge in [0.25, 0.3) is 0 Å². The predicted octanol–water partition coefficient (Wildman–Crippen LogP) is 2.67. The third kappa shape index (κ3) is 3.16. The van der Waals surface area contributed by atoms with Crippen LogP contribution >= 0.6 is 11.8 Å². The predicted molar refractivity (Wildman–Crippen MR) is 71.9 cm³/mol. The Labute approximate surface area is 102 Å². The third-order valence-electron chi connectivity index (χ3n) is 3.19. The summed E-state index contributed by atoms with van der Waals surface area (Å²) in [5.41, 5.74) is 7.89. The fraction of sp³-hybridized carbons (Fsp3) is 0.538. The lowest BCUT2D eigenvalue weighted by atomic mass is 10.0. The Morgan fingerprint density at radius 2 is 2.12 bits per heavy atom. The van der Waals surface area contributed by atoms with Crippen LogP contribution in [0.5, 0.6) is 0 Å². The number of nitrogens with one attached hydrogen (secondary N) is 1. The zero-order valence-corrected chi connectivity index (χ0v) is 10.6. The molecule has 0 spiro atoms. The lowest BCUT2D eigenvalue weighted by molar-refractivity contribution is 0.408. The largest absolute Gasteiger partial charge is 0.399 e. The third-order valence-corrected chi connectivity index (χ3v) is 4.41. The number of anilines is 1. The van der Waals surface area contributed by atoms with Crippen LogP contribution in [0.3, 0.4) is 0 Å². The molecule has 16 heavy (non-hydrogen) atoms. The van der Waals surface area contributed by atoms with Crippen LogP contribution in [-0.2, 0) is 0 Å². The molecule has 0 radical (unpaired) electrons. The average molecular weight is 236 g/mol. The highest BCUT2D eigenvalue weighted by Crippen LogP contribution is 2.26. The molecule has 0 aromatic heterocycles. The lowest BCUT2D eigenvalue weighted by Crippen LogP contribution is -2.28. The molecule has 1 saturated heterocycles. The zero-order chi connectivity index (χ0) is 11.4. The Morgan fingerprint density at radius 3 is 2.81 bits per heavy atom. The molecule has 1 aromatic rings. The summed E-state index contributed by atoms with van der Waals surface area (Å²) in [5.74, 6) is 2.12. The van der Waals surface area contributed by atoms with Gasteiger partial charge in [-0.15, -0.1) is 11.8 Å². The van der Waals surface area contributed by atoms with E-state index in [1.807, 2.05) is 17.8 Å². The fourth-order valence-corrected chi connectivity index (χ4v) is 3.19. The van der Waals surface area contributed by atoms with Crippen LogP contribution in [-0.4, -0.2) is 18.8 Å². The number of nitrogen functional groups attached to an aromatic ring is 1. The number of piperidine rings is 1. The van der Waals surface area contributed by atoms with Crippen molar-refractivity contribution in [2.24, 2.45) is 5.92 Å². The van der Waals surface area contributed by atoms with E-state index in [-0.39, 0.29) is 0 Å². The maximum Gasteiger partial charge on any atom is 0.0344 e. The molecule has 88 valence electrons. The minimum absolute atomic E-state index is 0.879. The van der Waals surface area contributed by atoms with Gasteiger partial charge in [-0.1, -0.05) is 0 Å². The van der Waals surface area contributed by atoms with Crippen LogP contribution in [0, 0.1) is 12.8 Å². The van der Waals surface area contributed by atoms with Crippen molar-refractivity contribution >= 4 is 17.4 Å². The van der Waals surface area contributed by atoms with Crippen LogP contribution in [0.1, 0.15) is 18.4 Å². The van der Waals surface area contributed by atoms with Gasteiger partial charge in [0.15, 0.2) is 0 Å². The highest BCUT2D eigenvalue weighted by atomic mass is 32.2. The molecule has 0 aliphatic carbocycles. The summed E-state index contributed by atoms with van der Waals surface area (Å²) >= 11 is 1.97. The van der Waals surface area contributed by atoms with Crippen molar-refractivity contribution in [1.82, 2.24) is 5.32 Å². The average Bonchev–Trinajstić information content (AvgIpc) is 2.32. The van der Waals surface area contributed by atoms with Crippen LogP contribution in [0.15, 0.2) is 23.1 Å². The van der Waals surface area contributed by atoms with Gasteiger partial charge in [-0.05, 0) is 62.5 Å². The van der Waals surface area contributed by atoms with Crippen molar-refractivity contribution in [2.45, 2.75) is 24.7 Å². The van der Waals surface area contributed by atoms with Crippen LogP contribution < -0.4 is 11.1 Å². The molecule has 0 bridgehead atoms. The first-order valence-electron chi connectivity index (χ1n) is 5.95. The van der Waals surface area contributed by atoms with Gasteiger partial charge in [0.1, 0.15) is 0 Å². The number of nitrogens with two attached hydrogens (primary N) is 1. The minimum atomic E-state index is 0.879. The molecule has 3 heteroatoms. The Hall–Kier alpha value is -0.670. The quantitative estimate of drug-likeness (QED) is 0.626. The first kappa shape index (κ1) is 11.8. The molecule has 0 saturated carbocycles. The van der Waals surface area contributed by atoms with Crippen LogP contribution in [0.25, 0.3) is 0 Å². The molecule has 1 aliphatic rings. The van der Waals surface area contributed by atoms with Gasteiger partial charge in [0.05, 0.1) is 0 Å². The SMILES string of the molecule is Cc1cc(SCC2CCNCC2)ccc1N. The Balaban J connectivity index is 1.86. The normalized spacial score (nSPS) is 17.6. The van der Waals surface area contributed by atoms with Gasteiger partial charge in [-0.3, -0.25) is 0 Å². The van der Waals surface area contributed by atoms with E-state index < -0.39 is 0 Å². The Kier molecular flexibility index (Phi) is 4.13. The number of aryl methyl sites for hydroxylation is 1. The highest BCUT2D eigenvalue weighted by molar-refractivity contribution is 7.99. The number of benzene rings is 1. The molecule has 0 unspecified atom stereocenters. The topological polar surface area (TPSA) is 38.0 Å². The van der Waals surface area contributed by atoms with E-state index in [1.54, 1.807) is 0 Å². The zero-order valence-electron chi connectivity index (χ0n) is 9.83. The van der Waals surface area contributed by atoms with Gasteiger partial charge in [0.2, 0.25) is 0 Å². The standard InChI is InChI=1S/C13H20N2S/c1-10-8-12(2-3-13(10)14)16-9-11-4-6-15-7-5-11/h2-3,8,11,15H,4-7,9,14H2,1H3. The van der Waals surface area contributed by atoms with Gasteiger partial charge in [-0.2, -0.15) is 0 Å². The summed E-state index contributed by atoms with van der Waals surface area (Å²) in [7, 11) is 0. The lowest BCUT2D eigenvalue weighted by Gasteiger charge is -2.22. The van der Waals surface area contributed by atoms with Crippen LogP contribution in [0.4, 0.5) is 5.69 Å². The van der Waals surface area contributed by atoms with E-state index in [0.717, 1.165) is 11.6 Å². The van der Waals surface area contributed by atoms with E-state index in [4.69, 9.17) is 5.73 Å². The molecule has 2 nitrogen and oxygen atoms in total. The second-order valence-electron chi connectivity index (χ2n) is 4.52. The smallest absolute Gasteiger partial charge is 0.0344 e. The van der Waals surface area contributed by atoms with Crippen molar-refractivity contribution in [2.75, 3.05) is 24.6 Å². The molecule has 0 atom stereocenters. The van der Waals surface area contributed by atoms with E-state index in [0.29, 0.717) is 0 Å². The summed E-state index contributed by atoms with van der Waals surface area (Å²) < 4.78 is 0. The van der Waals surface area contributed by atoms with Crippen molar-refractivity contribution in [3.05, 3.63) is 23.8 Å². The summed E-state index contributed by atoms with van der Waals surface area (Å²) in [4.78, 5) is 1.35. The molecule has 1 heterocycles. The van der Waals surface area contributed by atoms with Crippen molar-refractivity contribution < 1.29 is 0 Å². The summed E-state index contributed by atoms with van der Waals surface area (Å²) in [6.45, 7) is 4.45. The monoisotopic (exact) mass is 236 g/mol. The first-order chi connectivity index (χ1) is 7.75. The van der Waals surface area contributed by atoms with Crippen molar-refractivity contribution in [3.63, 3.8) is 0 Å². The summed E-state index contributed by atoms with van der Waals surface area (Å²) in [6.07, 6.45) is 2.64. The fourth-order valence-electron chi connectivity index (χ4n) is 2.00. The maximum atomic E-state index is 5.81. The number of hydrogen-bond donors (Lipinski definition) is 2. The minimum Gasteiger partial charge on any atom is -0.399 e. The highest BCUT2D eigenvalue weighted by Gasteiger charge is 2.13. The van der Waals surface area contributed by atoms with E-state index >= 15 is 0 Å². The number of rotatable bonds is 3. The van der Waals surface area contributed by atoms with Crippen molar-refractivity contribution in [1.29, 1.82) is 0 Å². The first-order valence-corrected chi connectivity index (χ1v) is 6.94. The molecular formula is C13H20N2S. The molecule has 1 aliphatic heterocycles. The van der Waals surface area contributed by atoms with E-state index in [1.165, 1.54) is 42.1 Å². The molecule has 0 amide bonds. The molecule has 2 rings (SSSR count). The van der Waals surface area contributed by atoms with Gasteiger partial charge in [-0.25, -0.2) is 0 Å². The molecule has 1 fully saturated rings. The Morgan fingerprint density at radius 1 is 1.38 bits per heavy atom. The van der Waals surface area contributed by atoms with Gasteiger partial charge in [0, 0.05) is 16.3 Å². The van der Waals surface area contributed by atoms with Gasteiger partial charge >= 0.3 is 0 Å². The second kappa shape index (κ2) is 5.60.